The molecule has 0 aromatic heterocycles. The molecule has 0 radical (unpaired) electrons. The third-order valence-corrected chi connectivity index (χ3v) is 4.44. The quantitative estimate of drug-likeness (QED) is 0.347. The minimum absolute atomic E-state index is 0.0698. The first-order valence-electron chi connectivity index (χ1n) is 8.89. The summed E-state index contributed by atoms with van der Waals surface area (Å²) in [6.45, 7) is 7.05. The highest BCUT2D eigenvalue weighted by molar-refractivity contribution is 5.30. The number of nitrogens with zero attached hydrogens (tertiary/aromatic N) is 6. The molecule has 1 N–H and O–H groups in total. The van der Waals surface area contributed by atoms with Crippen molar-refractivity contribution < 1.29 is 0 Å². The lowest BCUT2D eigenvalue weighted by Crippen LogP contribution is -2.30. The van der Waals surface area contributed by atoms with Crippen LogP contribution in [-0.4, -0.2) is 13.1 Å². The van der Waals surface area contributed by atoms with Crippen molar-refractivity contribution in [3.05, 3.63) is 92.2 Å². The van der Waals surface area contributed by atoms with Crippen LogP contribution in [0.5, 0.6) is 0 Å². The first kappa shape index (κ1) is 20.3. The van der Waals surface area contributed by atoms with E-state index in [1.54, 1.807) is 0 Å². The van der Waals surface area contributed by atoms with E-state index in [2.05, 4.69) is 70.4 Å². The number of rotatable bonds is 8. The van der Waals surface area contributed by atoms with Gasteiger partial charge in [0.2, 0.25) is 0 Å². The molecule has 2 aromatic carbocycles. The average Bonchev–Trinajstić information content (AvgIpc) is 2.67. The van der Waals surface area contributed by atoms with Crippen LogP contribution < -0.4 is 5.32 Å². The molecule has 0 saturated carbocycles. The zero-order chi connectivity index (χ0) is 19.7. The molecule has 0 bridgehead atoms. The summed E-state index contributed by atoms with van der Waals surface area (Å²) in [5, 5.41) is 11.0. The van der Waals surface area contributed by atoms with Gasteiger partial charge in [-0.2, -0.15) is 0 Å². The Labute approximate surface area is 159 Å². The maximum atomic E-state index is 8.77. The van der Waals surface area contributed by atoms with E-state index in [0.717, 1.165) is 11.1 Å². The molecule has 2 rings (SSSR count). The first-order valence-corrected chi connectivity index (χ1v) is 8.89. The van der Waals surface area contributed by atoms with Crippen LogP contribution in [0.15, 0.2) is 64.8 Å². The maximum Gasteiger partial charge on any atom is 0.0454 e. The van der Waals surface area contributed by atoms with Gasteiger partial charge in [-0.25, -0.2) is 0 Å². The molecule has 2 atom stereocenters. The second-order valence-electron chi connectivity index (χ2n) is 7.38. The van der Waals surface area contributed by atoms with Crippen molar-refractivity contribution in [3.63, 3.8) is 0 Å². The van der Waals surface area contributed by atoms with E-state index in [4.69, 9.17) is 11.1 Å². The molecule has 0 aliphatic carbocycles. The van der Waals surface area contributed by atoms with Gasteiger partial charge in [0.25, 0.3) is 0 Å². The Kier molecular flexibility index (Phi) is 7.26. The number of benzene rings is 2. The summed E-state index contributed by atoms with van der Waals surface area (Å²) in [6, 6.07) is 17.8. The minimum atomic E-state index is -0.186. The van der Waals surface area contributed by atoms with Crippen molar-refractivity contribution in [1.82, 2.24) is 5.32 Å². The summed E-state index contributed by atoms with van der Waals surface area (Å²) in [6.07, 6.45) is 0. The third kappa shape index (κ3) is 6.04. The molecule has 0 spiro atoms. The van der Waals surface area contributed by atoms with E-state index >= 15 is 0 Å². The average molecular weight is 363 g/mol. The second-order valence-corrected chi connectivity index (χ2v) is 7.38. The normalized spacial score (nSPS) is 13.1. The van der Waals surface area contributed by atoms with E-state index in [0.29, 0.717) is 0 Å². The van der Waals surface area contributed by atoms with Gasteiger partial charge in [-0.3, -0.25) is 0 Å². The molecule has 27 heavy (non-hydrogen) atoms. The Bertz CT molecular complexity index is 812. The minimum Gasteiger partial charge on any atom is -0.303 e. The highest BCUT2D eigenvalue weighted by Crippen LogP contribution is 2.26. The zero-order valence-corrected chi connectivity index (χ0v) is 15.9. The van der Waals surface area contributed by atoms with E-state index in [1.165, 1.54) is 5.56 Å². The number of nitrogens with one attached hydrogen (secondary N) is 1. The lowest BCUT2D eigenvalue weighted by Gasteiger charge is -2.26. The second kappa shape index (κ2) is 9.64. The van der Waals surface area contributed by atoms with Crippen molar-refractivity contribution in [2.75, 3.05) is 13.1 Å². The molecule has 7 nitrogen and oxygen atoms in total. The van der Waals surface area contributed by atoms with Gasteiger partial charge in [0.1, 0.15) is 0 Å². The molecule has 0 aliphatic rings. The summed E-state index contributed by atoms with van der Waals surface area (Å²) < 4.78 is 0. The first-order chi connectivity index (χ1) is 13.0. The summed E-state index contributed by atoms with van der Waals surface area (Å²) in [5.74, 6) is 0. The summed E-state index contributed by atoms with van der Waals surface area (Å²) in [5.41, 5.74) is 20.8. The van der Waals surface area contributed by atoms with Crippen molar-refractivity contribution in [2.24, 2.45) is 10.2 Å². The number of hydrogen-bond donors (Lipinski definition) is 1. The van der Waals surface area contributed by atoms with Crippen molar-refractivity contribution in [2.45, 2.75) is 38.3 Å². The molecule has 0 saturated heterocycles. The van der Waals surface area contributed by atoms with Gasteiger partial charge in [-0.1, -0.05) is 85.6 Å². The Morgan fingerprint density at radius 1 is 0.815 bits per heavy atom. The van der Waals surface area contributed by atoms with Crippen molar-refractivity contribution >= 4 is 0 Å². The summed E-state index contributed by atoms with van der Waals surface area (Å²) >= 11 is 0. The largest absolute Gasteiger partial charge is 0.303 e. The monoisotopic (exact) mass is 363 g/mol. The summed E-state index contributed by atoms with van der Waals surface area (Å²) in [4.78, 5) is 5.79. The molecule has 0 heterocycles. The fourth-order valence-corrected chi connectivity index (χ4v) is 2.89. The van der Waals surface area contributed by atoms with E-state index in [9.17, 15) is 0 Å². The lowest BCUT2D eigenvalue weighted by molar-refractivity contribution is 0.454. The van der Waals surface area contributed by atoms with Gasteiger partial charge >= 0.3 is 0 Å². The predicted octanol–water partition coefficient (Wildman–Crippen LogP) is 5.98. The van der Waals surface area contributed by atoms with E-state index in [1.807, 2.05) is 30.3 Å². The molecule has 0 fully saturated rings. The topological polar surface area (TPSA) is 110 Å². The van der Waals surface area contributed by atoms with Crippen LogP contribution in [-0.2, 0) is 5.41 Å². The van der Waals surface area contributed by atoms with Gasteiger partial charge < -0.3 is 5.32 Å². The molecular weight excluding hydrogens is 338 g/mol. The van der Waals surface area contributed by atoms with Crippen LogP contribution in [0.4, 0.5) is 0 Å². The van der Waals surface area contributed by atoms with E-state index < -0.39 is 0 Å². The smallest absolute Gasteiger partial charge is 0.0454 e. The van der Waals surface area contributed by atoms with Crippen molar-refractivity contribution in [3.8, 4) is 0 Å². The molecule has 0 amide bonds. The van der Waals surface area contributed by atoms with Crippen LogP contribution in [0.2, 0.25) is 0 Å². The summed E-state index contributed by atoms with van der Waals surface area (Å²) in [7, 11) is 0. The highest BCUT2D eigenvalue weighted by atomic mass is 15.2. The predicted molar refractivity (Wildman–Crippen MR) is 108 cm³/mol. The van der Waals surface area contributed by atoms with Crippen LogP contribution in [0.25, 0.3) is 20.9 Å². The Morgan fingerprint density at radius 2 is 1.30 bits per heavy atom. The SMILES string of the molecule is CC(C)(C)c1ccc(C(CN=[N+]=[N-])N[C@H](CN=[N+]=[N-])c2ccccc2)cc1. The van der Waals surface area contributed by atoms with Crippen LogP contribution in [0, 0.1) is 0 Å². The Balaban J connectivity index is 2.30. The van der Waals surface area contributed by atoms with Crippen LogP contribution in [0.1, 0.15) is 49.5 Å². The van der Waals surface area contributed by atoms with Gasteiger partial charge in [-0.05, 0) is 33.2 Å². The third-order valence-electron chi connectivity index (χ3n) is 4.44. The number of azide groups is 2. The van der Waals surface area contributed by atoms with Gasteiger partial charge in [0, 0.05) is 35.0 Å². The Hall–Kier alpha value is -2.98. The highest BCUT2D eigenvalue weighted by Gasteiger charge is 2.19. The maximum absolute atomic E-state index is 8.77. The van der Waals surface area contributed by atoms with Gasteiger partial charge in [-0.15, -0.1) is 0 Å². The molecule has 7 heteroatoms. The molecule has 2 aromatic rings. The zero-order valence-electron chi connectivity index (χ0n) is 15.9. The lowest BCUT2D eigenvalue weighted by atomic mass is 9.86. The molecule has 0 aliphatic heterocycles. The van der Waals surface area contributed by atoms with Crippen LogP contribution in [0.3, 0.4) is 0 Å². The molecular formula is C20H25N7. The van der Waals surface area contributed by atoms with E-state index in [-0.39, 0.29) is 30.6 Å². The Morgan fingerprint density at radius 3 is 1.74 bits per heavy atom. The van der Waals surface area contributed by atoms with Crippen molar-refractivity contribution in [1.29, 1.82) is 0 Å². The number of hydrogen-bond acceptors (Lipinski definition) is 3. The van der Waals surface area contributed by atoms with Gasteiger partial charge in [0.15, 0.2) is 0 Å². The molecule has 1 unspecified atom stereocenters. The van der Waals surface area contributed by atoms with Gasteiger partial charge in [0.05, 0.1) is 0 Å². The van der Waals surface area contributed by atoms with Crippen LogP contribution >= 0.6 is 0 Å². The fourth-order valence-electron chi connectivity index (χ4n) is 2.89. The standard InChI is InChI=1S/C20H25N7/c1-20(2,3)17-11-9-16(10-12-17)19(14-24-27-22)25-18(13-23-26-21)15-7-5-4-6-8-15/h4-12,18-19,25H,13-14H2,1-3H3/t18-,19?/m1/s1. The fraction of sp³-hybridized carbons (Fsp3) is 0.400. The molecule has 140 valence electrons.